The third-order valence-corrected chi connectivity index (χ3v) is 3.60. The molecule has 6 nitrogen and oxygen atoms in total. The molecule has 106 valence electrons. The number of methoxy groups -OCH3 is 1. The van der Waals surface area contributed by atoms with E-state index in [9.17, 15) is 10.1 Å². The van der Waals surface area contributed by atoms with Crippen LogP contribution in [0.15, 0.2) is 23.8 Å². The highest BCUT2D eigenvalue weighted by Crippen LogP contribution is 2.36. The van der Waals surface area contributed by atoms with Crippen LogP contribution in [0.1, 0.15) is 10.4 Å². The number of benzene rings is 1. The van der Waals surface area contributed by atoms with Crippen molar-refractivity contribution >= 4 is 28.6 Å². The first-order valence-corrected chi connectivity index (χ1v) is 6.98. The Morgan fingerprint density at radius 2 is 2.25 bits per heavy atom. The number of nitro benzene ring substituents is 1. The Kier molecular flexibility index (Phi) is 4.75. The van der Waals surface area contributed by atoms with Crippen LogP contribution in [0.4, 0.5) is 5.69 Å². The maximum Gasteiger partial charge on any atom is 0.277 e. The van der Waals surface area contributed by atoms with Crippen molar-refractivity contribution in [3.05, 3.63) is 44.4 Å². The number of nitrogens with zero attached hydrogens (tertiary/aromatic N) is 2. The Bertz CT molecular complexity index is 604. The average Bonchev–Trinajstić information content (AvgIpc) is 2.97. The molecule has 1 aromatic heterocycles. The van der Waals surface area contributed by atoms with E-state index in [1.807, 2.05) is 0 Å². The van der Waals surface area contributed by atoms with Gasteiger partial charge in [0, 0.05) is 11.8 Å². The molecular weight excluding hydrogens is 304 g/mol. The van der Waals surface area contributed by atoms with Crippen molar-refractivity contribution in [3.8, 4) is 11.5 Å². The van der Waals surface area contributed by atoms with Crippen LogP contribution >= 0.6 is 22.9 Å². The van der Waals surface area contributed by atoms with E-state index in [1.54, 1.807) is 11.7 Å². The molecule has 0 aliphatic carbocycles. The fraction of sp³-hybridized carbons (Fsp3) is 0.250. The Morgan fingerprint density at radius 1 is 1.45 bits per heavy atom. The molecule has 1 heterocycles. The van der Waals surface area contributed by atoms with Gasteiger partial charge in [0.2, 0.25) is 0 Å². The predicted octanol–water partition coefficient (Wildman–Crippen LogP) is 3.38. The van der Waals surface area contributed by atoms with Crippen LogP contribution < -0.4 is 9.47 Å². The van der Waals surface area contributed by atoms with Crippen molar-refractivity contribution in [2.45, 2.75) is 12.5 Å². The van der Waals surface area contributed by atoms with Gasteiger partial charge in [-0.1, -0.05) is 0 Å². The average molecular weight is 315 g/mol. The van der Waals surface area contributed by atoms with Gasteiger partial charge in [0.15, 0.2) is 11.5 Å². The lowest BCUT2D eigenvalue weighted by molar-refractivity contribution is -0.385. The van der Waals surface area contributed by atoms with Gasteiger partial charge >= 0.3 is 0 Å². The number of alkyl halides is 1. The fourth-order valence-corrected chi connectivity index (χ4v) is 2.32. The molecule has 0 aliphatic heterocycles. The first kappa shape index (κ1) is 14.5. The summed E-state index contributed by atoms with van der Waals surface area (Å²) in [5.74, 6) is 0.749. The Morgan fingerprint density at radius 3 is 2.80 bits per heavy atom. The zero-order valence-electron chi connectivity index (χ0n) is 10.5. The Hall–Kier alpha value is -1.86. The largest absolute Gasteiger partial charge is 0.493 e. The van der Waals surface area contributed by atoms with Gasteiger partial charge in [-0.15, -0.1) is 22.9 Å². The van der Waals surface area contributed by atoms with E-state index in [2.05, 4.69) is 4.98 Å². The lowest BCUT2D eigenvalue weighted by Gasteiger charge is -2.11. The molecule has 0 unspecified atom stereocenters. The van der Waals surface area contributed by atoms with E-state index in [0.717, 1.165) is 4.88 Å². The number of ether oxygens (including phenoxy) is 2. The van der Waals surface area contributed by atoms with E-state index in [0.29, 0.717) is 17.1 Å². The van der Waals surface area contributed by atoms with Gasteiger partial charge in [0.1, 0.15) is 6.61 Å². The van der Waals surface area contributed by atoms with Crippen LogP contribution in [0.5, 0.6) is 11.5 Å². The second-order valence-electron chi connectivity index (χ2n) is 3.78. The summed E-state index contributed by atoms with van der Waals surface area (Å²) in [4.78, 5) is 15.4. The highest BCUT2D eigenvalue weighted by atomic mass is 35.5. The maximum absolute atomic E-state index is 11.0. The van der Waals surface area contributed by atoms with Crippen molar-refractivity contribution in [1.82, 2.24) is 4.98 Å². The summed E-state index contributed by atoms with van der Waals surface area (Å²) in [6.45, 7) is 0.276. The maximum atomic E-state index is 11.0. The van der Waals surface area contributed by atoms with Crippen LogP contribution in [0.3, 0.4) is 0 Å². The Labute approximate surface area is 124 Å². The molecule has 0 fully saturated rings. The number of thiazole rings is 1. The van der Waals surface area contributed by atoms with Gasteiger partial charge in [0.25, 0.3) is 5.69 Å². The molecule has 2 aromatic rings. The summed E-state index contributed by atoms with van der Waals surface area (Å²) in [5.41, 5.74) is 1.99. The van der Waals surface area contributed by atoms with Crippen molar-refractivity contribution in [2.75, 3.05) is 7.11 Å². The summed E-state index contributed by atoms with van der Waals surface area (Å²) in [5, 5.41) is 11.0. The van der Waals surface area contributed by atoms with Crippen LogP contribution in [-0.4, -0.2) is 17.0 Å². The van der Waals surface area contributed by atoms with E-state index >= 15 is 0 Å². The third kappa shape index (κ3) is 3.17. The summed E-state index contributed by atoms with van der Waals surface area (Å²) >= 11 is 7.15. The van der Waals surface area contributed by atoms with Crippen LogP contribution in [0.25, 0.3) is 0 Å². The van der Waals surface area contributed by atoms with Crippen LogP contribution in [-0.2, 0) is 12.5 Å². The highest BCUT2D eigenvalue weighted by molar-refractivity contribution is 7.09. The molecule has 0 aliphatic rings. The van der Waals surface area contributed by atoms with E-state index in [4.69, 9.17) is 21.1 Å². The lowest BCUT2D eigenvalue weighted by Crippen LogP contribution is -2.00. The number of halogens is 1. The molecule has 0 saturated heterocycles. The minimum Gasteiger partial charge on any atom is -0.493 e. The quantitative estimate of drug-likeness (QED) is 0.464. The van der Waals surface area contributed by atoms with Crippen molar-refractivity contribution in [1.29, 1.82) is 0 Å². The predicted molar refractivity (Wildman–Crippen MR) is 75.7 cm³/mol. The van der Waals surface area contributed by atoms with Gasteiger partial charge < -0.3 is 9.47 Å². The molecule has 8 heteroatoms. The van der Waals surface area contributed by atoms with Gasteiger partial charge in [-0.3, -0.25) is 15.1 Å². The SMILES string of the molecule is COc1cc(CCl)c([N+](=O)[O-])cc1OCc1cncs1. The molecule has 0 amide bonds. The van der Waals surface area contributed by atoms with E-state index in [1.165, 1.54) is 30.6 Å². The molecular formula is C12H11ClN2O4S. The molecule has 0 radical (unpaired) electrons. The minimum absolute atomic E-state index is 0.0296. The second kappa shape index (κ2) is 6.53. The number of nitro groups is 1. The summed E-state index contributed by atoms with van der Waals surface area (Å²) < 4.78 is 10.7. The first-order valence-electron chi connectivity index (χ1n) is 5.57. The van der Waals surface area contributed by atoms with Gasteiger partial charge in [-0.05, 0) is 6.07 Å². The fourth-order valence-electron chi connectivity index (χ4n) is 1.60. The standard InChI is InChI=1S/C12H11ClN2O4S/c1-18-11-2-8(4-13)10(15(16)17)3-12(11)19-6-9-5-14-7-20-9/h2-3,5,7H,4,6H2,1H3. The zero-order valence-corrected chi connectivity index (χ0v) is 12.1. The number of aromatic nitrogens is 1. The van der Waals surface area contributed by atoms with Gasteiger partial charge in [0.05, 0.1) is 34.4 Å². The van der Waals surface area contributed by atoms with Crippen molar-refractivity contribution < 1.29 is 14.4 Å². The summed E-state index contributed by atoms with van der Waals surface area (Å²) in [6, 6.07) is 2.85. The molecule has 0 saturated carbocycles. The molecule has 0 N–H and O–H groups in total. The minimum atomic E-state index is -0.489. The molecule has 0 spiro atoms. The summed E-state index contributed by atoms with van der Waals surface area (Å²) in [7, 11) is 1.47. The van der Waals surface area contributed by atoms with Gasteiger partial charge in [-0.2, -0.15) is 0 Å². The first-order chi connectivity index (χ1) is 9.65. The number of rotatable bonds is 6. The van der Waals surface area contributed by atoms with Crippen molar-refractivity contribution in [2.24, 2.45) is 0 Å². The van der Waals surface area contributed by atoms with E-state index < -0.39 is 4.92 Å². The summed E-state index contributed by atoms with van der Waals surface area (Å²) in [6.07, 6.45) is 1.68. The molecule has 0 bridgehead atoms. The van der Waals surface area contributed by atoms with E-state index in [-0.39, 0.29) is 18.2 Å². The number of hydrogen-bond acceptors (Lipinski definition) is 6. The van der Waals surface area contributed by atoms with Crippen LogP contribution in [0.2, 0.25) is 0 Å². The van der Waals surface area contributed by atoms with Crippen molar-refractivity contribution in [3.63, 3.8) is 0 Å². The topological polar surface area (TPSA) is 74.5 Å². The number of hydrogen-bond donors (Lipinski definition) is 0. The molecule has 1 aromatic carbocycles. The van der Waals surface area contributed by atoms with Gasteiger partial charge in [-0.25, -0.2) is 0 Å². The molecule has 0 atom stereocenters. The van der Waals surface area contributed by atoms with Crippen LogP contribution in [0, 0.1) is 10.1 Å². The Balaban J connectivity index is 2.30. The third-order valence-electron chi connectivity index (χ3n) is 2.56. The molecule has 2 rings (SSSR count). The lowest BCUT2D eigenvalue weighted by atomic mass is 10.2. The smallest absolute Gasteiger partial charge is 0.277 e. The normalized spacial score (nSPS) is 10.3. The monoisotopic (exact) mass is 314 g/mol. The highest BCUT2D eigenvalue weighted by Gasteiger charge is 2.19. The molecule has 20 heavy (non-hydrogen) atoms. The zero-order chi connectivity index (χ0) is 14.5. The second-order valence-corrected chi connectivity index (χ2v) is 5.02.